The highest BCUT2D eigenvalue weighted by Gasteiger charge is 2.10. The molecule has 0 saturated carbocycles. The van der Waals surface area contributed by atoms with Gasteiger partial charge in [-0.1, -0.05) is 0 Å². The molecule has 0 unspecified atom stereocenters. The lowest BCUT2D eigenvalue weighted by Gasteiger charge is -2.26. The van der Waals surface area contributed by atoms with Crippen LogP contribution in [0.5, 0.6) is 0 Å². The monoisotopic (exact) mass is 170 g/mol. The zero-order valence-corrected chi connectivity index (χ0v) is 8.27. The first-order valence-electron chi connectivity index (χ1n) is 3.47. The van der Waals surface area contributed by atoms with Crippen molar-refractivity contribution in [1.82, 2.24) is 9.97 Å². The minimum Gasteiger partial charge on any atom is -0.244 e. The van der Waals surface area contributed by atoms with E-state index in [0.29, 0.717) is 0 Å². The smallest absolute Gasteiger partial charge is 0.115 e. The lowest BCUT2D eigenvalue weighted by atomic mass is 10.5. The maximum absolute atomic E-state index is 4.16. The van der Waals surface area contributed by atoms with Crippen LogP contribution in [0.4, 0.5) is 0 Å². The van der Waals surface area contributed by atoms with Gasteiger partial charge in [0, 0.05) is 11.1 Å². The summed E-state index contributed by atoms with van der Waals surface area (Å²) >= 11 is 0. The van der Waals surface area contributed by atoms with Crippen molar-refractivity contribution in [3.05, 3.63) is 18.2 Å². The van der Waals surface area contributed by atoms with Gasteiger partial charge in [-0.25, -0.2) is 20.0 Å². The zero-order chi connectivity index (χ0) is 8.48. The van der Waals surface area contributed by atoms with E-state index < -0.39 is 10.0 Å². The summed E-state index contributed by atoms with van der Waals surface area (Å²) in [6.07, 6.45) is 10.3. The fourth-order valence-corrected chi connectivity index (χ4v) is 2.30. The van der Waals surface area contributed by atoms with Crippen LogP contribution in [0.25, 0.3) is 0 Å². The SMILES string of the molecule is Cc1ncncc1S(C)(C)C. The average Bonchev–Trinajstić information content (AvgIpc) is 1.86. The maximum atomic E-state index is 4.16. The summed E-state index contributed by atoms with van der Waals surface area (Å²) in [6, 6.07) is 0. The summed E-state index contributed by atoms with van der Waals surface area (Å²) < 4.78 is 0. The van der Waals surface area contributed by atoms with Crippen molar-refractivity contribution in [2.45, 2.75) is 11.8 Å². The highest BCUT2D eigenvalue weighted by Crippen LogP contribution is 2.45. The molecule has 0 aliphatic heterocycles. The van der Waals surface area contributed by atoms with E-state index in [2.05, 4.69) is 28.7 Å². The van der Waals surface area contributed by atoms with E-state index in [1.807, 2.05) is 13.1 Å². The summed E-state index contributed by atoms with van der Waals surface area (Å²) in [4.78, 5) is 9.48. The number of hydrogen-bond acceptors (Lipinski definition) is 2. The molecule has 0 N–H and O–H groups in total. The molecule has 0 spiro atoms. The van der Waals surface area contributed by atoms with Crippen molar-refractivity contribution < 1.29 is 0 Å². The quantitative estimate of drug-likeness (QED) is 0.642. The molecule has 2 nitrogen and oxygen atoms in total. The first-order chi connectivity index (χ1) is 5.02. The third-order valence-electron chi connectivity index (χ3n) is 1.53. The van der Waals surface area contributed by atoms with Crippen molar-refractivity contribution in [2.24, 2.45) is 0 Å². The Labute approximate surface area is 69.4 Å². The van der Waals surface area contributed by atoms with E-state index in [1.54, 1.807) is 6.33 Å². The third kappa shape index (κ3) is 1.93. The molecule has 0 aliphatic rings. The Morgan fingerprint density at radius 2 is 1.91 bits per heavy atom. The molecular formula is C8H14N2S. The van der Waals surface area contributed by atoms with E-state index in [-0.39, 0.29) is 0 Å². The Morgan fingerprint density at radius 1 is 1.27 bits per heavy atom. The van der Waals surface area contributed by atoms with Gasteiger partial charge in [-0.05, 0) is 25.7 Å². The molecule has 1 rings (SSSR count). The van der Waals surface area contributed by atoms with Gasteiger partial charge in [0.1, 0.15) is 6.33 Å². The Balaban J connectivity index is 3.14. The Hall–Kier alpha value is -0.570. The van der Waals surface area contributed by atoms with Crippen LogP contribution in [0.2, 0.25) is 0 Å². The molecule has 1 aromatic heterocycles. The Bertz CT molecular complexity index is 253. The summed E-state index contributed by atoms with van der Waals surface area (Å²) in [5, 5.41) is 0. The second-order valence-corrected chi connectivity index (χ2v) is 7.42. The van der Waals surface area contributed by atoms with Crippen LogP contribution in [0.1, 0.15) is 5.69 Å². The minimum atomic E-state index is -0.658. The standard InChI is InChI=1S/C8H14N2S/c1-7-8(11(2,3)4)5-9-6-10-7/h5-6H,1-4H3. The molecule has 0 radical (unpaired) electrons. The first-order valence-corrected chi connectivity index (χ1v) is 6.32. The number of aryl methyl sites for hydroxylation is 1. The van der Waals surface area contributed by atoms with Gasteiger partial charge in [0.15, 0.2) is 0 Å². The largest absolute Gasteiger partial charge is 0.244 e. The topological polar surface area (TPSA) is 25.8 Å². The Morgan fingerprint density at radius 3 is 2.27 bits per heavy atom. The van der Waals surface area contributed by atoms with Crippen LogP contribution in [-0.2, 0) is 0 Å². The molecule has 0 fully saturated rings. The van der Waals surface area contributed by atoms with Crippen molar-refractivity contribution in [3.8, 4) is 0 Å². The molecule has 1 aromatic rings. The molecule has 0 aliphatic carbocycles. The molecule has 11 heavy (non-hydrogen) atoms. The van der Waals surface area contributed by atoms with Gasteiger partial charge in [-0.15, -0.1) is 0 Å². The van der Waals surface area contributed by atoms with E-state index >= 15 is 0 Å². The van der Waals surface area contributed by atoms with E-state index in [4.69, 9.17) is 0 Å². The number of rotatable bonds is 1. The minimum absolute atomic E-state index is 0.658. The Kier molecular flexibility index (Phi) is 2.18. The highest BCUT2D eigenvalue weighted by atomic mass is 32.3. The molecule has 0 amide bonds. The van der Waals surface area contributed by atoms with Crippen molar-refractivity contribution in [1.29, 1.82) is 0 Å². The molecule has 62 valence electrons. The van der Waals surface area contributed by atoms with Crippen LogP contribution >= 0.6 is 10.0 Å². The molecule has 0 atom stereocenters. The summed E-state index contributed by atoms with van der Waals surface area (Å²) in [7, 11) is -0.658. The van der Waals surface area contributed by atoms with Crippen LogP contribution in [0, 0.1) is 6.92 Å². The van der Waals surface area contributed by atoms with Gasteiger partial charge in [-0.3, -0.25) is 0 Å². The average molecular weight is 170 g/mol. The van der Waals surface area contributed by atoms with E-state index in [1.165, 1.54) is 4.90 Å². The summed E-state index contributed by atoms with van der Waals surface area (Å²) in [5.74, 6) is 0. The normalized spacial score (nSPS) is 13.1. The van der Waals surface area contributed by atoms with Gasteiger partial charge in [0.05, 0.1) is 5.69 Å². The molecule has 0 bridgehead atoms. The lowest BCUT2D eigenvalue weighted by Crippen LogP contribution is -1.98. The maximum Gasteiger partial charge on any atom is 0.115 e. The van der Waals surface area contributed by atoms with Gasteiger partial charge < -0.3 is 0 Å². The second-order valence-electron chi connectivity index (χ2n) is 3.31. The van der Waals surface area contributed by atoms with Crippen LogP contribution < -0.4 is 0 Å². The van der Waals surface area contributed by atoms with Gasteiger partial charge in [0.25, 0.3) is 0 Å². The number of nitrogens with zero attached hydrogens (tertiary/aromatic N) is 2. The van der Waals surface area contributed by atoms with Gasteiger partial charge in [0.2, 0.25) is 0 Å². The van der Waals surface area contributed by atoms with E-state index in [0.717, 1.165) is 5.69 Å². The third-order valence-corrected chi connectivity index (χ3v) is 3.25. The zero-order valence-electron chi connectivity index (χ0n) is 7.46. The highest BCUT2D eigenvalue weighted by molar-refractivity contribution is 8.32. The van der Waals surface area contributed by atoms with Gasteiger partial charge in [-0.2, -0.15) is 0 Å². The number of aromatic nitrogens is 2. The predicted molar refractivity (Wildman–Crippen MR) is 50.4 cm³/mol. The summed E-state index contributed by atoms with van der Waals surface area (Å²) in [5.41, 5.74) is 1.11. The van der Waals surface area contributed by atoms with Crippen molar-refractivity contribution in [2.75, 3.05) is 18.8 Å². The van der Waals surface area contributed by atoms with Gasteiger partial charge >= 0.3 is 0 Å². The molecule has 0 saturated heterocycles. The molecule has 3 heteroatoms. The molecule has 0 aromatic carbocycles. The lowest BCUT2D eigenvalue weighted by molar-refractivity contribution is 1.02. The fourth-order valence-electron chi connectivity index (χ4n) is 0.979. The van der Waals surface area contributed by atoms with Crippen LogP contribution in [0.3, 0.4) is 0 Å². The fraction of sp³-hybridized carbons (Fsp3) is 0.500. The second kappa shape index (κ2) is 2.81. The first kappa shape index (κ1) is 8.53. The molecular weight excluding hydrogens is 156 g/mol. The van der Waals surface area contributed by atoms with Crippen molar-refractivity contribution in [3.63, 3.8) is 0 Å². The van der Waals surface area contributed by atoms with Crippen LogP contribution in [-0.4, -0.2) is 28.7 Å². The number of hydrogen-bond donors (Lipinski definition) is 0. The van der Waals surface area contributed by atoms with Crippen LogP contribution in [0.15, 0.2) is 17.4 Å². The molecule has 1 heterocycles. The van der Waals surface area contributed by atoms with E-state index in [9.17, 15) is 0 Å². The summed E-state index contributed by atoms with van der Waals surface area (Å²) in [6.45, 7) is 2.04. The van der Waals surface area contributed by atoms with Crippen molar-refractivity contribution >= 4 is 10.0 Å². The predicted octanol–water partition coefficient (Wildman–Crippen LogP) is 1.84.